The predicted octanol–water partition coefficient (Wildman–Crippen LogP) is 11.5. The van der Waals surface area contributed by atoms with Crippen molar-refractivity contribution in [3.8, 4) is 0 Å². The Morgan fingerprint density at radius 2 is 0.941 bits per heavy atom. The molecule has 19 heteroatoms. The molecule has 0 amide bonds. The summed E-state index contributed by atoms with van der Waals surface area (Å²) in [6, 6.07) is 8.08. The smallest absolute Gasteiger partial charge is 0.303 e. The molecular formula is C66H112O16Si3. The number of Topliss-reactive ketones (excluding diaryl/α,β-unsaturated/α-hetero) is 2. The van der Waals surface area contributed by atoms with Gasteiger partial charge in [0.05, 0.1) is 54.1 Å². The number of carbonyl (C=O) groups excluding carboxylic acids is 5. The zero-order chi connectivity index (χ0) is 64.0. The van der Waals surface area contributed by atoms with Crippen LogP contribution >= 0.6 is 0 Å². The van der Waals surface area contributed by atoms with E-state index in [0.29, 0.717) is 36.0 Å². The maximum absolute atomic E-state index is 15.9. The number of aliphatic hydroxyl groups excluding tert-OH is 2. The monoisotopic (exact) mass is 1240 g/mol. The van der Waals surface area contributed by atoms with E-state index in [2.05, 4.69) is 83.1 Å². The molecule has 4 bridgehead atoms. The molecule has 0 spiro atoms. The largest absolute Gasteiger partial charge is 0.454 e. The molecule has 2 aliphatic heterocycles. The number of carbonyl (C=O) groups is 5. The molecule has 3 N–H and O–H groups in total. The highest BCUT2D eigenvalue weighted by molar-refractivity contribution is 6.74. The molecule has 4 saturated carbocycles. The number of hydrogen-bond donors (Lipinski definition) is 3. The number of ether oxygens (including phenoxy) is 5. The highest BCUT2D eigenvalue weighted by Crippen LogP contribution is 2.68. The summed E-state index contributed by atoms with van der Waals surface area (Å²) in [6.07, 6.45) is -4.17. The Labute approximate surface area is 513 Å². The van der Waals surface area contributed by atoms with Crippen molar-refractivity contribution >= 4 is 54.4 Å². The van der Waals surface area contributed by atoms with Crippen LogP contribution in [0.25, 0.3) is 0 Å². The van der Waals surface area contributed by atoms with Crippen LogP contribution in [0.1, 0.15) is 178 Å². The normalized spacial score (nSPS) is 40.2. The average molecular weight is 1250 g/mol. The Bertz CT molecular complexity index is 2580. The number of aliphatic hydroxyl groups is 3. The van der Waals surface area contributed by atoms with Crippen LogP contribution in [-0.4, -0.2) is 149 Å². The van der Waals surface area contributed by atoms with Crippen LogP contribution < -0.4 is 0 Å². The van der Waals surface area contributed by atoms with Crippen molar-refractivity contribution in [1.82, 2.24) is 0 Å². The topological polar surface area (TPSA) is 220 Å². The van der Waals surface area contributed by atoms with E-state index in [9.17, 15) is 29.7 Å². The fourth-order valence-electron chi connectivity index (χ4n) is 19.4. The summed E-state index contributed by atoms with van der Waals surface area (Å²) >= 11 is 0. The van der Waals surface area contributed by atoms with Gasteiger partial charge in [0.1, 0.15) is 18.3 Å². The summed E-state index contributed by atoms with van der Waals surface area (Å²) < 4.78 is 52.6. The van der Waals surface area contributed by atoms with Gasteiger partial charge in [-0.05, 0) is 134 Å². The highest BCUT2D eigenvalue weighted by Gasteiger charge is 2.78. The van der Waals surface area contributed by atoms with Crippen molar-refractivity contribution in [3.05, 3.63) is 22.3 Å². The molecule has 2 heterocycles. The predicted molar refractivity (Wildman–Crippen MR) is 334 cm³/mol. The van der Waals surface area contributed by atoms with Gasteiger partial charge in [-0.1, -0.05) is 104 Å². The van der Waals surface area contributed by atoms with E-state index in [4.69, 9.17) is 37.0 Å². The van der Waals surface area contributed by atoms with Crippen molar-refractivity contribution in [3.63, 3.8) is 0 Å². The fourth-order valence-corrected chi connectivity index (χ4v) is 28.0. The minimum absolute atomic E-state index is 0.0711. The molecule has 0 radical (unpaired) electrons. The Morgan fingerprint density at radius 1 is 0.553 bits per heavy atom. The zero-order valence-corrected chi connectivity index (χ0v) is 59.3. The van der Waals surface area contributed by atoms with Crippen molar-refractivity contribution < 1.29 is 76.3 Å². The number of ketones is 2. The van der Waals surface area contributed by atoms with Crippen molar-refractivity contribution in [2.45, 2.75) is 298 Å². The summed E-state index contributed by atoms with van der Waals surface area (Å²) in [5.41, 5.74) is -4.47. The van der Waals surface area contributed by atoms with E-state index in [0.717, 1.165) is 60.0 Å². The molecular weight excluding hydrogens is 1130 g/mol. The van der Waals surface area contributed by atoms with Crippen molar-refractivity contribution in [2.24, 2.45) is 51.2 Å². The summed E-state index contributed by atoms with van der Waals surface area (Å²) in [5, 5.41) is 35.9. The second kappa shape index (κ2) is 24.6. The molecule has 0 aromatic carbocycles. The summed E-state index contributed by atoms with van der Waals surface area (Å²) in [5.74, 6) is -3.55. The van der Waals surface area contributed by atoms with Crippen LogP contribution in [0.15, 0.2) is 22.3 Å². The lowest BCUT2D eigenvalue weighted by Gasteiger charge is -2.69. The van der Waals surface area contributed by atoms with Crippen molar-refractivity contribution in [2.75, 3.05) is 13.2 Å². The first-order chi connectivity index (χ1) is 39.4. The lowest BCUT2D eigenvalue weighted by molar-refractivity contribution is -0.337. The Hall–Kier alpha value is -2.44. The molecule has 85 heavy (non-hydrogen) atoms. The van der Waals surface area contributed by atoms with Crippen LogP contribution in [0.4, 0.5) is 0 Å². The molecule has 16 nitrogen and oxygen atoms in total. The van der Waals surface area contributed by atoms with Gasteiger partial charge >= 0.3 is 17.9 Å². The molecule has 8 aliphatic rings. The lowest BCUT2D eigenvalue weighted by atomic mass is 9.42. The fraction of sp³-hybridized carbons (Fsp3) is 0.864. The van der Waals surface area contributed by atoms with E-state index in [1.165, 1.54) is 20.8 Å². The molecule has 0 aromatic rings. The van der Waals surface area contributed by atoms with Crippen LogP contribution in [0.3, 0.4) is 0 Å². The van der Waals surface area contributed by atoms with Crippen LogP contribution in [0.5, 0.6) is 0 Å². The molecule has 8 rings (SSSR count). The molecule has 6 aliphatic carbocycles. The summed E-state index contributed by atoms with van der Waals surface area (Å²) in [6.45, 7) is 44.0. The van der Waals surface area contributed by atoms with Gasteiger partial charge in [0.2, 0.25) is 0 Å². The number of hydrogen-bond acceptors (Lipinski definition) is 16. The van der Waals surface area contributed by atoms with E-state index in [1.54, 1.807) is 0 Å². The standard InChI is InChI=1S/C35H62O8Si2.C31H50O8Si/c1-13-44(14-2,15-3)42-26-19-27-34(21-40-27,41-24(9)36)30-23(8)35(39)20-25(37)22(7)28(32(35,10)11)29(31(38)33(26,30)12)43-45(16-4,17-5)18-6;1-11-40(12-2,13-3)39-23-15-24-31(16-36-24,38-20(7)33)27-17(4)21-14-22(34)18(5)25(29(21,8)9)26(37-19(6)32)28(35)30(23,27)10/h23,25-27,29-30,37,39H,13-21H2,1-12H3;17,21-24,26-27,34H,11-16H2,1-10H3/t23?,25?,26?,27?,29?,30?,33-,34?,35?;17?,21?,22?,23?,24?,26?,27?,30-,31?/m11/s1. The number of esters is 3. The van der Waals surface area contributed by atoms with Gasteiger partial charge in [-0.15, -0.1) is 0 Å². The third-order valence-corrected chi connectivity index (χ3v) is 39.1. The quantitative estimate of drug-likeness (QED) is 0.0503. The van der Waals surface area contributed by atoms with Crippen molar-refractivity contribution in [1.29, 1.82) is 0 Å². The molecule has 18 atom stereocenters. The SMILES string of the molecule is CC[Si](CC)(CC)OC1C(=O)[C@]2(C)C(O[Si](CC)(CC)CC)CC3OCC3(OC(C)=O)C2C(C)C2(O)CC(O)C(C)=C1C2(C)C.CC[Si](CC)(CC)OC1CC2OCC2(OC(C)=O)C2C(C)C3CC(O)C(C)=C(C(OC(C)=O)C(=O)[C@]12C)C3(C)C. The van der Waals surface area contributed by atoms with Gasteiger partial charge in [-0.2, -0.15) is 0 Å². The molecule has 484 valence electrons. The minimum atomic E-state index is -2.40. The Balaban J connectivity index is 0.000000245. The number of rotatable bonds is 18. The molecule has 16 unspecified atom stereocenters. The first-order valence-electron chi connectivity index (χ1n) is 32.9. The second-order valence-corrected chi connectivity index (χ2v) is 43.2. The Morgan fingerprint density at radius 3 is 1.33 bits per heavy atom. The first-order valence-corrected chi connectivity index (χ1v) is 40.5. The summed E-state index contributed by atoms with van der Waals surface area (Å²) in [4.78, 5) is 69.1. The first kappa shape index (κ1) is 70.0. The van der Waals surface area contributed by atoms with Gasteiger partial charge in [0.25, 0.3) is 0 Å². The lowest BCUT2D eigenvalue weighted by Crippen LogP contribution is -2.80. The second-order valence-electron chi connectivity index (χ2n) is 29.0. The van der Waals surface area contributed by atoms with Gasteiger partial charge < -0.3 is 52.3 Å². The van der Waals surface area contributed by atoms with Gasteiger partial charge in [-0.3, -0.25) is 24.0 Å². The van der Waals surface area contributed by atoms with Gasteiger partial charge in [0.15, 0.2) is 53.8 Å². The van der Waals surface area contributed by atoms with Gasteiger partial charge in [-0.25, -0.2) is 0 Å². The Kier molecular flexibility index (Phi) is 20.3. The number of fused-ring (bicyclic) bond motifs is 10. The van der Waals surface area contributed by atoms with E-state index in [-0.39, 0.29) is 43.0 Å². The minimum Gasteiger partial charge on any atom is -0.454 e. The van der Waals surface area contributed by atoms with Gasteiger partial charge in [0, 0.05) is 57.3 Å². The molecule has 6 fully saturated rings. The average Bonchev–Trinajstić information content (AvgIpc) is 0.696. The van der Waals surface area contributed by atoms with E-state index >= 15 is 9.59 Å². The molecule has 2 saturated heterocycles. The van der Waals surface area contributed by atoms with Crippen LogP contribution in [0, 0.1) is 51.2 Å². The molecule has 0 aromatic heterocycles. The third-order valence-electron chi connectivity index (χ3n) is 25.2. The van der Waals surface area contributed by atoms with Crippen LogP contribution in [-0.2, 0) is 60.9 Å². The summed E-state index contributed by atoms with van der Waals surface area (Å²) in [7, 11) is -6.85. The maximum atomic E-state index is 15.9. The van der Waals surface area contributed by atoms with Crippen LogP contribution in [0.2, 0.25) is 54.4 Å². The zero-order valence-electron chi connectivity index (χ0n) is 56.3. The highest BCUT2D eigenvalue weighted by atomic mass is 28.4. The van der Waals surface area contributed by atoms with E-state index < -0.39 is 148 Å². The maximum Gasteiger partial charge on any atom is 0.303 e. The third kappa shape index (κ3) is 10.7. The van der Waals surface area contributed by atoms with E-state index in [1.807, 2.05) is 48.5 Å².